The molecule has 1 unspecified atom stereocenters. The normalized spacial score (nSPS) is 17.9. The first-order valence-electron chi connectivity index (χ1n) is 4.87. The fraction of sp³-hybridized carbons (Fsp3) is 0.889. The Kier molecular flexibility index (Phi) is 4.54. The summed E-state index contributed by atoms with van der Waals surface area (Å²) in [5, 5.41) is 3.00. The lowest BCUT2D eigenvalue weighted by Crippen LogP contribution is -2.37. The minimum Gasteiger partial charge on any atom is -0.342 e. The van der Waals surface area contributed by atoms with E-state index in [0.29, 0.717) is 24.9 Å². The van der Waals surface area contributed by atoms with Crippen LogP contribution in [-0.2, 0) is 15.6 Å². The fourth-order valence-electron chi connectivity index (χ4n) is 1.20. The Morgan fingerprint density at radius 3 is 2.71 bits per heavy atom. The number of rotatable bonds is 6. The summed E-state index contributed by atoms with van der Waals surface area (Å²) in [6, 6.07) is 0.476. The molecule has 1 aliphatic carbocycles. The zero-order valence-electron chi connectivity index (χ0n) is 8.78. The SMILES string of the molecule is CN(C(=O)CNCCS(C)=O)C1CC1. The van der Waals surface area contributed by atoms with E-state index in [1.807, 2.05) is 7.05 Å². The van der Waals surface area contributed by atoms with Gasteiger partial charge in [0.15, 0.2) is 0 Å². The molecule has 5 heteroatoms. The molecule has 0 aromatic carbocycles. The summed E-state index contributed by atoms with van der Waals surface area (Å²) >= 11 is 0. The van der Waals surface area contributed by atoms with Gasteiger partial charge in [0, 0.05) is 42.4 Å². The van der Waals surface area contributed by atoms with Gasteiger partial charge in [0.2, 0.25) is 5.91 Å². The minimum absolute atomic E-state index is 0.134. The van der Waals surface area contributed by atoms with E-state index in [0.717, 1.165) is 12.8 Å². The molecule has 4 nitrogen and oxygen atoms in total. The van der Waals surface area contributed by atoms with Crippen molar-refractivity contribution in [3.63, 3.8) is 0 Å². The van der Waals surface area contributed by atoms with E-state index < -0.39 is 10.8 Å². The highest BCUT2D eigenvalue weighted by atomic mass is 32.2. The zero-order valence-corrected chi connectivity index (χ0v) is 9.60. The molecule has 1 saturated carbocycles. The lowest BCUT2D eigenvalue weighted by Gasteiger charge is -2.16. The number of amides is 1. The molecule has 1 fully saturated rings. The maximum Gasteiger partial charge on any atom is 0.236 e. The van der Waals surface area contributed by atoms with Gasteiger partial charge in [-0.15, -0.1) is 0 Å². The Morgan fingerprint density at radius 1 is 1.57 bits per heavy atom. The Balaban J connectivity index is 2.05. The van der Waals surface area contributed by atoms with Gasteiger partial charge >= 0.3 is 0 Å². The maximum absolute atomic E-state index is 11.5. The molecule has 14 heavy (non-hydrogen) atoms. The first-order valence-corrected chi connectivity index (χ1v) is 6.60. The molecule has 0 saturated heterocycles. The quantitative estimate of drug-likeness (QED) is 0.616. The number of likely N-dealkylation sites (N-methyl/N-ethyl adjacent to an activating group) is 1. The number of nitrogens with one attached hydrogen (secondary N) is 1. The first-order chi connectivity index (χ1) is 6.61. The Labute approximate surface area is 87.5 Å². The van der Waals surface area contributed by atoms with E-state index >= 15 is 0 Å². The van der Waals surface area contributed by atoms with E-state index in [4.69, 9.17) is 0 Å². The molecule has 0 aromatic heterocycles. The maximum atomic E-state index is 11.5. The second-order valence-corrected chi connectivity index (χ2v) is 5.24. The predicted octanol–water partition coefficient (Wildman–Crippen LogP) is -0.425. The molecule has 82 valence electrons. The second kappa shape index (κ2) is 5.46. The summed E-state index contributed by atoms with van der Waals surface area (Å²) in [4.78, 5) is 13.3. The summed E-state index contributed by atoms with van der Waals surface area (Å²) in [5.41, 5.74) is 0. The van der Waals surface area contributed by atoms with Crippen LogP contribution in [0, 0.1) is 0 Å². The lowest BCUT2D eigenvalue weighted by atomic mass is 10.4. The first kappa shape index (κ1) is 11.7. The molecule has 1 amide bonds. The van der Waals surface area contributed by atoms with Crippen LogP contribution in [0.1, 0.15) is 12.8 Å². The highest BCUT2D eigenvalue weighted by molar-refractivity contribution is 7.84. The number of nitrogens with zero attached hydrogens (tertiary/aromatic N) is 1. The molecule has 1 aliphatic rings. The van der Waals surface area contributed by atoms with Crippen molar-refractivity contribution in [1.82, 2.24) is 10.2 Å². The highest BCUT2D eigenvalue weighted by Gasteiger charge is 2.28. The van der Waals surface area contributed by atoms with Crippen molar-refractivity contribution >= 4 is 16.7 Å². The molecular formula is C9H18N2O2S. The van der Waals surface area contributed by atoms with Crippen molar-refractivity contribution in [1.29, 1.82) is 0 Å². The summed E-state index contributed by atoms with van der Waals surface area (Å²) in [6.45, 7) is 1.01. The van der Waals surface area contributed by atoms with Crippen LogP contribution in [0.2, 0.25) is 0 Å². The van der Waals surface area contributed by atoms with Gasteiger partial charge in [-0.2, -0.15) is 0 Å². The summed E-state index contributed by atoms with van der Waals surface area (Å²) in [6.07, 6.45) is 3.95. The Bertz CT molecular complexity index is 229. The largest absolute Gasteiger partial charge is 0.342 e. The van der Waals surface area contributed by atoms with Crippen molar-refractivity contribution in [2.24, 2.45) is 0 Å². The van der Waals surface area contributed by atoms with E-state index in [1.165, 1.54) is 0 Å². The molecule has 1 rings (SSSR count). The van der Waals surface area contributed by atoms with Gasteiger partial charge in [0.05, 0.1) is 6.54 Å². The van der Waals surface area contributed by atoms with Gasteiger partial charge in [-0.1, -0.05) is 0 Å². The summed E-state index contributed by atoms with van der Waals surface area (Å²) < 4.78 is 10.7. The van der Waals surface area contributed by atoms with Crippen molar-refractivity contribution < 1.29 is 9.00 Å². The van der Waals surface area contributed by atoms with Gasteiger partial charge in [-0.3, -0.25) is 9.00 Å². The van der Waals surface area contributed by atoms with Crippen LogP contribution in [-0.4, -0.2) is 53.2 Å². The summed E-state index contributed by atoms with van der Waals surface area (Å²) in [7, 11) is 1.07. The van der Waals surface area contributed by atoms with E-state index in [-0.39, 0.29) is 5.91 Å². The van der Waals surface area contributed by atoms with Gasteiger partial charge in [-0.05, 0) is 12.8 Å². The average molecular weight is 218 g/mol. The average Bonchev–Trinajstić information content (AvgIpc) is 2.93. The zero-order chi connectivity index (χ0) is 10.6. The summed E-state index contributed by atoms with van der Waals surface area (Å²) in [5.74, 6) is 0.745. The second-order valence-electron chi connectivity index (χ2n) is 3.69. The molecule has 0 spiro atoms. The van der Waals surface area contributed by atoms with Gasteiger partial charge in [0.25, 0.3) is 0 Å². The Hall–Kier alpha value is -0.420. The van der Waals surface area contributed by atoms with Crippen LogP contribution in [0.15, 0.2) is 0 Å². The smallest absolute Gasteiger partial charge is 0.236 e. The lowest BCUT2D eigenvalue weighted by molar-refractivity contribution is -0.129. The fourth-order valence-corrected chi connectivity index (χ4v) is 1.63. The van der Waals surface area contributed by atoms with Crippen molar-refractivity contribution in [3.8, 4) is 0 Å². The van der Waals surface area contributed by atoms with Crippen LogP contribution in [0.5, 0.6) is 0 Å². The van der Waals surface area contributed by atoms with Crippen LogP contribution >= 0.6 is 0 Å². The molecule has 1 atom stereocenters. The van der Waals surface area contributed by atoms with Crippen LogP contribution in [0.3, 0.4) is 0 Å². The minimum atomic E-state index is -0.775. The number of carbonyl (C=O) groups is 1. The molecule has 0 bridgehead atoms. The van der Waals surface area contributed by atoms with Crippen molar-refractivity contribution in [3.05, 3.63) is 0 Å². The van der Waals surface area contributed by atoms with Crippen molar-refractivity contribution in [2.75, 3.05) is 32.1 Å². The van der Waals surface area contributed by atoms with Crippen LogP contribution in [0.25, 0.3) is 0 Å². The molecular weight excluding hydrogens is 200 g/mol. The molecule has 0 radical (unpaired) electrons. The molecule has 0 aliphatic heterocycles. The topological polar surface area (TPSA) is 49.4 Å². The van der Waals surface area contributed by atoms with Gasteiger partial charge in [-0.25, -0.2) is 0 Å². The van der Waals surface area contributed by atoms with E-state index in [1.54, 1.807) is 11.2 Å². The molecule has 1 N–H and O–H groups in total. The number of hydrogen-bond donors (Lipinski definition) is 1. The Morgan fingerprint density at radius 2 is 2.21 bits per heavy atom. The monoisotopic (exact) mass is 218 g/mol. The third-order valence-corrected chi connectivity index (χ3v) is 3.11. The molecule has 0 heterocycles. The van der Waals surface area contributed by atoms with E-state index in [9.17, 15) is 9.00 Å². The third-order valence-electron chi connectivity index (χ3n) is 2.33. The highest BCUT2D eigenvalue weighted by Crippen LogP contribution is 2.24. The van der Waals surface area contributed by atoms with E-state index in [2.05, 4.69) is 5.32 Å². The van der Waals surface area contributed by atoms with Gasteiger partial charge < -0.3 is 10.2 Å². The van der Waals surface area contributed by atoms with Crippen LogP contribution in [0.4, 0.5) is 0 Å². The van der Waals surface area contributed by atoms with Crippen molar-refractivity contribution in [2.45, 2.75) is 18.9 Å². The van der Waals surface area contributed by atoms with Crippen LogP contribution < -0.4 is 5.32 Å². The number of carbonyl (C=O) groups excluding carboxylic acids is 1. The molecule has 0 aromatic rings. The third kappa shape index (κ3) is 4.19. The number of hydrogen-bond acceptors (Lipinski definition) is 3. The van der Waals surface area contributed by atoms with Gasteiger partial charge in [0.1, 0.15) is 0 Å². The standard InChI is InChI=1S/C9H18N2O2S/c1-11(8-3-4-8)9(12)7-10-5-6-14(2)13/h8,10H,3-7H2,1-2H3. The predicted molar refractivity (Wildman–Crippen MR) is 57.6 cm³/mol.